The zero-order chi connectivity index (χ0) is 16.9. The normalized spacial score (nSPS) is 16.4. The quantitative estimate of drug-likeness (QED) is 0.782. The van der Waals surface area contributed by atoms with Crippen LogP contribution in [0.5, 0.6) is 5.75 Å². The van der Waals surface area contributed by atoms with Crippen LogP contribution in [0.15, 0.2) is 24.3 Å². The van der Waals surface area contributed by atoms with Gasteiger partial charge < -0.3 is 9.64 Å². The molecule has 1 amide bonds. The number of piperazine rings is 1. The van der Waals surface area contributed by atoms with Gasteiger partial charge in [-0.25, -0.2) is 4.39 Å². The van der Waals surface area contributed by atoms with Crippen LogP contribution in [0, 0.1) is 11.2 Å². The molecule has 0 aliphatic carbocycles. The number of rotatable bonds is 5. The van der Waals surface area contributed by atoms with Crippen LogP contribution >= 0.6 is 0 Å². The van der Waals surface area contributed by atoms with Gasteiger partial charge in [-0.15, -0.1) is 0 Å². The van der Waals surface area contributed by atoms with Gasteiger partial charge in [-0.2, -0.15) is 0 Å². The van der Waals surface area contributed by atoms with E-state index in [1.54, 1.807) is 12.1 Å². The van der Waals surface area contributed by atoms with Crippen LogP contribution in [0.1, 0.15) is 27.2 Å². The van der Waals surface area contributed by atoms with Crippen molar-refractivity contribution in [3.63, 3.8) is 0 Å². The zero-order valence-electron chi connectivity index (χ0n) is 14.3. The fraction of sp³-hybridized carbons (Fsp3) is 0.611. The fourth-order valence-electron chi connectivity index (χ4n) is 2.66. The number of nitrogens with zero attached hydrogens (tertiary/aromatic N) is 2. The van der Waals surface area contributed by atoms with Crippen LogP contribution in [0.2, 0.25) is 0 Å². The summed E-state index contributed by atoms with van der Waals surface area (Å²) in [5.74, 6) is 0.684. The van der Waals surface area contributed by atoms with Crippen molar-refractivity contribution in [2.45, 2.75) is 27.2 Å². The molecule has 0 atom stereocenters. The molecule has 0 saturated carbocycles. The molecular formula is C18H27FN2O2. The number of carbonyl (C=O) groups excluding carboxylic acids is 1. The Morgan fingerprint density at radius 3 is 2.30 bits per heavy atom. The van der Waals surface area contributed by atoms with Gasteiger partial charge in [0.15, 0.2) is 0 Å². The molecule has 1 heterocycles. The number of hydrogen-bond donors (Lipinski definition) is 0. The molecule has 0 unspecified atom stereocenters. The molecule has 128 valence electrons. The van der Waals surface area contributed by atoms with E-state index in [9.17, 15) is 9.18 Å². The molecule has 2 rings (SSSR count). The lowest BCUT2D eigenvalue weighted by atomic mass is 9.94. The molecule has 0 spiro atoms. The molecule has 1 aliphatic rings. The summed E-state index contributed by atoms with van der Waals surface area (Å²) in [6.07, 6.45) is 0.921. The average Bonchev–Trinajstić information content (AvgIpc) is 2.52. The molecule has 0 aromatic heterocycles. The predicted octanol–water partition coefficient (Wildman–Crippen LogP) is 2.78. The van der Waals surface area contributed by atoms with E-state index in [1.165, 1.54) is 12.1 Å². The van der Waals surface area contributed by atoms with Crippen molar-refractivity contribution in [1.82, 2.24) is 9.80 Å². The summed E-state index contributed by atoms with van der Waals surface area (Å²) in [7, 11) is 0. The number of carbonyl (C=O) groups is 1. The average molecular weight is 322 g/mol. The Morgan fingerprint density at radius 1 is 1.13 bits per heavy atom. The monoisotopic (exact) mass is 322 g/mol. The Bertz CT molecular complexity index is 503. The maximum absolute atomic E-state index is 12.8. The number of amides is 1. The zero-order valence-corrected chi connectivity index (χ0v) is 14.3. The van der Waals surface area contributed by atoms with Crippen molar-refractivity contribution in [1.29, 1.82) is 0 Å². The van der Waals surface area contributed by atoms with Gasteiger partial charge in [0, 0.05) is 38.1 Å². The van der Waals surface area contributed by atoms with E-state index in [-0.39, 0.29) is 17.1 Å². The summed E-state index contributed by atoms with van der Waals surface area (Å²) in [4.78, 5) is 16.6. The van der Waals surface area contributed by atoms with E-state index in [0.29, 0.717) is 12.4 Å². The Kier molecular flexibility index (Phi) is 5.99. The fourth-order valence-corrected chi connectivity index (χ4v) is 2.66. The lowest BCUT2D eigenvalue weighted by Gasteiger charge is -2.37. The molecule has 1 aliphatic heterocycles. The van der Waals surface area contributed by atoms with Gasteiger partial charge in [0.05, 0.1) is 6.61 Å². The first-order valence-corrected chi connectivity index (χ1v) is 8.26. The van der Waals surface area contributed by atoms with Crippen LogP contribution in [0.4, 0.5) is 4.39 Å². The Hall–Kier alpha value is -1.62. The van der Waals surface area contributed by atoms with Crippen molar-refractivity contribution in [3.05, 3.63) is 30.1 Å². The van der Waals surface area contributed by atoms with Gasteiger partial charge in [-0.05, 0) is 30.7 Å². The second kappa shape index (κ2) is 7.77. The SMILES string of the molecule is CC(C)(C)C(=O)N1CCN(CCCOc2ccc(F)cc2)CC1. The number of benzene rings is 1. The highest BCUT2D eigenvalue weighted by atomic mass is 19.1. The molecule has 5 heteroatoms. The maximum atomic E-state index is 12.8. The first kappa shape index (κ1) is 17.7. The van der Waals surface area contributed by atoms with Crippen molar-refractivity contribution in [3.8, 4) is 5.75 Å². The third kappa shape index (κ3) is 5.50. The summed E-state index contributed by atoms with van der Waals surface area (Å²) in [6.45, 7) is 10.9. The Morgan fingerprint density at radius 2 is 1.74 bits per heavy atom. The molecule has 1 aromatic carbocycles. The minimum atomic E-state index is -0.300. The minimum Gasteiger partial charge on any atom is -0.494 e. The molecular weight excluding hydrogens is 295 g/mol. The highest BCUT2D eigenvalue weighted by molar-refractivity contribution is 5.81. The first-order valence-electron chi connectivity index (χ1n) is 8.26. The molecule has 0 N–H and O–H groups in total. The summed E-state index contributed by atoms with van der Waals surface area (Å²) in [6, 6.07) is 6.10. The topological polar surface area (TPSA) is 32.8 Å². The van der Waals surface area contributed by atoms with Crippen molar-refractivity contribution in [2.24, 2.45) is 5.41 Å². The largest absolute Gasteiger partial charge is 0.494 e. The second-order valence-electron chi connectivity index (χ2n) is 7.04. The van der Waals surface area contributed by atoms with Gasteiger partial charge in [0.25, 0.3) is 0 Å². The van der Waals surface area contributed by atoms with E-state index in [2.05, 4.69) is 4.90 Å². The first-order chi connectivity index (χ1) is 10.9. The van der Waals surface area contributed by atoms with E-state index < -0.39 is 0 Å². The highest BCUT2D eigenvalue weighted by Crippen LogP contribution is 2.18. The highest BCUT2D eigenvalue weighted by Gasteiger charge is 2.29. The van der Waals surface area contributed by atoms with E-state index >= 15 is 0 Å². The molecule has 0 bridgehead atoms. The van der Waals surface area contributed by atoms with Crippen LogP contribution < -0.4 is 4.74 Å². The number of ether oxygens (including phenoxy) is 1. The molecule has 1 fully saturated rings. The second-order valence-corrected chi connectivity index (χ2v) is 7.04. The summed E-state index contributed by atoms with van der Waals surface area (Å²) < 4.78 is 18.4. The van der Waals surface area contributed by atoms with Crippen molar-refractivity contribution < 1.29 is 13.9 Å². The lowest BCUT2D eigenvalue weighted by Crippen LogP contribution is -2.51. The predicted molar refractivity (Wildman–Crippen MR) is 89.0 cm³/mol. The smallest absolute Gasteiger partial charge is 0.228 e. The van der Waals surface area contributed by atoms with Crippen LogP contribution in [0.25, 0.3) is 0 Å². The van der Waals surface area contributed by atoms with E-state index in [1.807, 2.05) is 25.7 Å². The summed E-state index contributed by atoms with van der Waals surface area (Å²) >= 11 is 0. The Balaban J connectivity index is 1.63. The van der Waals surface area contributed by atoms with Gasteiger partial charge >= 0.3 is 0 Å². The Labute approximate surface area is 138 Å². The molecule has 0 radical (unpaired) electrons. The maximum Gasteiger partial charge on any atom is 0.228 e. The molecule has 4 nitrogen and oxygen atoms in total. The van der Waals surface area contributed by atoms with E-state index in [4.69, 9.17) is 4.74 Å². The van der Waals surface area contributed by atoms with Gasteiger partial charge in [0.2, 0.25) is 5.91 Å². The van der Waals surface area contributed by atoms with Gasteiger partial charge in [-0.3, -0.25) is 9.69 Å². The third-order valence-electron chi connectivity index (χ3n) is 4.00. The summed E-state index contributed by atoms with van der Waals surface area (Å²) in [5, 5.41) is 0. The lowest BCUT2D eigenvalue weighted by molar-refractivity contribution is -0.141. The minimum absolute atomic E-state index is 0.233. The van der Waals surface area contributed by atoms with E-state index in [0.717, 1.165) is 39.1 Å². The summed E-state index contributed by atoms with van der Waals surface area (Å²) in [5.41, 5.74) is -0.300. The van der Waals surface area contributed by atoms with Gasteiger partial charge in [0.1, 0.15) is 11.6 Å². The molecule has 1 saturated heterocycles. The van der Waals surface area contributed by atoms with Crippen LogP contribution in [0.3, 0.4) is 0 Å². The van der Waals surface area contributed by atoms with Crippen LogP contribution in [-0.4, -0.2) is 55.0 Å². The van der Waals surface area contributed by atoms with Crippen LogP contribution in [-0.2, 0) is 4.79 Å². The number of hydrogen-bond acceptors (Lipinski definition) is 3. The number of halogens is 1. The molecule has 23 heavy (non-hydrogen) atoms. The standard InChI is InChI=1S/C18H27FN2O2/c1-18(2,3)17(22)21-12-10-20(11-13-21)9-4-14-23-16-7-5-15(19)6-8-16/h5-8H,4,9-14H2,1-3H3. The molecule has 1 aromatic rings. The van der Waals surface area contributed by atoms with Gasteiger partial charge in [-0.1, -0.05) is 20.8 Å². The third-order valence-corrected chi connectivity index (χ3v) is 4.00. The van der Waals surface area contributed by atoms with Crippen molar-refractivity contribution in [2.75, 3.05) is 39.3 Å². The van der Waals surface area contributed by atoms with Crippen molar-refractivity contribution >= 4 is 5.91 Å².